The molecule has 1 amide bonds. The second kappa shape index (κ2) is 7.41. The van der Waals surface area contributed by atoms with Crippen LogP contribution < -0.4 is 4.90 Å². The molecule has 120 valence electrons. The normalized spacial score (nSPS) is 16.2. The summed E-state index contributed by atoms with van der Waals surface area (Å²) < 4.78 is 0. The Labute approximate surface area is 139 Å². The molecule has 23 heavy (non-hydrogen) atoms. The van der Waals surface area contributed by atoms with Gasteiger partial charge < -0.3 is 9.80 Å². The molecule has 0 radical (unpaired) electrons. The van der Waals surface area contributed by atoms with Crippen LogP contribution in [0.2, 0.25) is 0 Å². The molecule has 1 aromatic heterocycles. The number of hydrogen-bond donors (Lipinski definition) is 0. The molecular formula is C16H19N5OS. The SMILES string of the molecule is CSC(C(=O)N1CCN(c2nccnn2)CC1)c1ccccc1. The van der Waals surface area contributed by atoms with E-state index in [0.717, 1.165) is 18.7 Å². The minimum Gasteiger partial charge on any atom is -0.338 e. The number of anilines is 1. The maximum absolute atomic E-state index is 12.8. The average molecular weight is 329 g/mol. The minimum absolute atomic E-state index is 0.141. The van der Waals surface area contributed by atoms with Crippen LogP contribution in [0.4, 0.5) is 5.95 Å². The van der Waals surface area contributed by atoms with Crippen LogP contribution in [0.25, 0.3) is 0 Å². The van der Waals surface area contributed by atoms with E-state index >= 15 is 0 Å². The van der Waals surface area contributed by atoms with Crippen molar-refractivity contribution in [3.8, 4) is 0 Å². The van der Waals surface area contributed by atoms with Gasteiger partial charge in [-0.15, -0.1) is 16.9 Å². The Bertz CT molecular complexity index is 631. The number of nitrogens with zero attached hydrogens (tertiary/aromatic N) is 5. The van der Waals surface area contributed by atoms with Crippen LogP contribution in [0.15, 0.2) is 42.7 Å². The molecule has 1 aliphatic heterocycles. The highest BCUT2D eigenvalue weighted by atomic mass is 32.2. The summed E-state index contributed by atoms with van der Waals surface area (Å²) in [7, 11) is 0. The quantitative estimate of drug-likeness (QED) is 0.849. The Balaban J connectivity index is 1.64. The lowest BCUT2D eigenvalue weighted by Crippen LogP contribution is -2.50. The zero-order valence-corrected chi connectivity index (χ0v) is 13.8. The van der Waals surface area contributed by atoms with Gasteiger partial charge in [0.25, 0.3) is 0 Å². The maximum Gasteiger partial charge on any atom is 0.245 e. The van der Waals surface area contributed by atoms with Crippen molar-refractivity contribution in [1.29, 1.82) is 0 Å². The van der Waals surface area contributed by atoms with Crippen LogP contribution in [0, 0.1) is 0 Å². The van der Waals surface area contributed by atoms with Crippen molar-refractivity contribution in [3.05, 3.63) is 48.3 Å². The molecule has 1 fully saturated rings. The Morgan fingerprint density at radius 3 is 2.48 bits per heavy atom. The van der Waals surface area contributed by atoms with Gasteiger partial charge in [-0.2, -0.15) is 5.10 Å². The highest BCUT2D eigenvalue weighted by molar-refractivity contribution is 7.99. The Kier molecular flexibility index (Phi) is 5.07. The van der Waals surface area contributed by atoms with Gasteiger partial charge in [0.2, 0.25) is 11.9 Å². The molecule has 1 aromatic carbocycles. The molecule has 0 spiro atoms. The van der Waals surface area contributed by atoms with Crippen LogP contribution in [-0.2, 0) is 4.79 Å². The van der Waals surface area contributed by atoms with Gasteiger partial charge in [0.1, 0.15) is 5.25 Å². The Morgan fingerprint density at radius 2 is 1.87 bits per heavy atom. The van der Waals surface area contributed by atoms with Crippen molar-refractivity contribution in [2.75, 3.05) is 37.3 Å². The third kappa shape index (κ3) is 3.61. The van der Waals surface area contributed by atoms with Crippen LogP contribution in [0.5, 0.6) is 0 Å². The highest BCUT2D eigenvalue weighted by Gasteiger charge is 2.28. The first-order valence-electron chi connectivity index (χ1n) is 7.55. The summed E-state index contributed by atoms with van der Waals surface area (Å²) in [5.41, 5.74) is 1.06. The summed E-state index contributed by atoms with van der Waals surface area (Å²) >= 11 is 1.58. The third-order valence-corrected chi connectivity index (χ3v) is 4.85. The zero-order chi connectivity index (χ0) is 16.1. The van der Waals surface area contributed by atoms with E-state index in [-0.39, 0.29) is 11.2 Å². The number of carbonyl (C=O) groups is 1. The van der Waals surface area contributed by atoms with Crippen molar-refractivity contribution in [2.45, 2.75) is 5.25 Å². The van der Waals surface area contributed by atoms with Crippen LogP contribution in [0.3, 0.4) is 0 Å². The molecule has 2 heterocycles. The van der Waals surface area contributed by atoms with E-state index in [4.69, 9.17) is 0 Å². The van der Waals surface area contributed by atoms with Gasteiger partial charge in [-0.1, -0.05) is 30.3 Å². The van der Waals surface area contributed by atoms with E-state index in [1.165, 1.54) is 0 Å². The Morgan fingerprint density at radius 1 is 1.13 bits per heavy atom. The smallest absolute Gasteiger partial charge is 0.245 e. The summed E-state index contributed by atoms with van der Waals surface area (Å²) in [5, 5.41) is 7.74. The predicted octanol–water partition coefficient (Wildman–Crippen LogP) is 1.62. The first-order valence-corrected chi connectivity index (χ1v) is 8.83. The number of thioether (sulfide) groups is 1. The fourth-order valence-corrected chi connectivity index (χ4v) is 3.47. The molecule has 1 atom stereocenters. The minimum atomic E-state index is -0.141. The van der Waals surface area contributed by atoms with Gasteiger partial charge >= 0.3 is 0 Å². The standard InChI is InChI=1S/C16H19N5OS/c1-23-14(13-5-3-2-4-6-13)15(22)20-9-11-21(12-10-20)16-17-7-8-18-19-16/h2-8,14H,9-12H2,1H3. The van der Waals surface area contributed by atoms with Crippen molar-refractivity contribution in [3.63, 3.8) is 0 Å². The molecule has 1 unspecified atom stereocenters. The van der Waals surface area contributed by atoms with Crippen molar-refractivity contribution in [2.24, 2.45) is 0 Å². The number of rotatable bonds is 4. The number of carbonyl (C=O) groups excluding carboxylic acids is 1. The number of amides is 1. The van der Waals surface area contributed by atoms with Crippen molar-refractivity contribution >= 4 is 23.6 Å². The first kappa shape index (κ1) is 15.7. The van der Waals surface area contributed by atoms with E-state index in [2.05, 4.69) is 20.1 Å². The van der Waals surface area contributed by atoms with Crippen LogP contribution >= 0.6 is 11.8 Å². The molecule has 0 N–H and O–H groups in total. The fraction of sp³-hybridized carbons (Fsp3) is 0.375. The second-order valence-corrected chi connectivity index (χ2v) is 6.22. The summed E-state index contributed by atoms with van der Waals surface area (Å²) in [6.45, 7) is 2.82. The van der Waals surface area contributed by atoms with E-state index < -0.39 is 0 Å². The molecule has 1 aliphatic rings. The second-order valence-electron chi connectivity index (χ2n) is 5.28. The largest absolute Gasteiger partial charge is 0.338 e. The summed E-state index contributed by atoms with van der Waals surface area (Å²) in [4.78, 5) is 21.0. The molecule has 3 rings (SSSR count). The monoisotopic (exact) mass is 329 g/mol. The van der Waals surface area contributed by atoms with E-state index in [1.807, 2.05) is 41.5 Å². The summed E-state index contributed by atoms with van der Waals surface area (Å²) in [6, 6.07) is 9.95. The lowest BCUT2D eigenvalue weighted by atomic mass is 10.1. The molecule has 0 bridgehead atoms. The third-order valence-electron chi connectivity index (χ3n) is 3.91. The fourth-order valence-electron chi connectivity index (χ4n) is 2.69. The molecule has 1 saturated heterocycles. The number of benzene rings is 1. The van der Waals surface area contributed by atoms with E-state index in [9.17, 15) is 4.79 Å². The van der Waals surface area contributed by atoms with Crippen molar-refractivity contribution in [1.82, 2.24) is 20.1 Å². The van der Waals surface area contributed by atoms with Crippen LogP contribution in [0.1, 0.15) is 10.8 Å². The van der Waals surface area contributed by atoms with Gasteiger partial charge in [-0.3, -0.25) is 4.79 Å². The van der Waals surface area contributed by atoms with Gasteiger partial charge in [0.15, 0.2) is 0 Å². The highest BCUT2D eigenvalue weighted by Crippen LogP contribution is 2.29. The number of hydrogen-bond acceptors (Lipinski definition) is 6. The van der Waals surface area contributed by atoms with Gasteiger partial charge in [-0.25, -0.2) is 4.98 Å². The van der Waals surface area contributed by atoms with E-state index in [0.29, 0.717) is 19.0 Å². The zero-order valence-electron chi connectivity index (χ0n) is 13.0. The van der Waals surface area contributed by atoms with Gasteiger partial charge in [0, 0.05) is 26.2 Å². The van der Waals surface area contributed by atoms with Gasteiger partial charge in [0.05, 0.1) is 12.4 Å². The molecule has 0 saturated carbocycles. The van der Waals surface area contributed by atoms with E-state index in [1.54, 1.807) is 24.2 Å². The lowest BCUT2D eigenvalue weighted by molar-refractivity contribution is -0.131. The maximum atomic E-state index is 12.8. The molecule has 6 nitrogen and oxygen atoms in total. The summed E-state index contributed by atoms with van der Waals surface area (Å²) in [5.74, 6) is 0.805. The lowest BCUT2D eigenvalue weighted by Gasteiger charge is -2.36. The van der Waals surface area contributed by atoms with Crippen LogP contribution in [-0.4, -0.2) is 58.4 Å². The summed E-state index contributed by atoms with van der Waals surface area (Å²) in [6.07, 6.45) is 5.18. The molecular weight excluding hydrogens is 310 g/mol. The first-order chi connectivity index (χ1) is 11.3. The van der Waals surface area contributed by atoms with Crippen molar-refractivity contribution < 1.29 is 4.79 Å². The number of aromatic nitrogens is 3. The predicted molar refractivity (Wildman–Crippen MR) is 91.3 cm³/mol. The molecule has 0 aliphatic carbocycles. The van der Waals surface area contributed by atoms with Gasteiger partial charge in [-0.05, 0) is 11.8 Å². The average Bonchev–Trinajstić information content (AvgIpc) is 2.64. The number of piperazine rings is 1. The molecule has 2 aromatic rings. The Hall–Kier alpha value is -2.15. The molecule has 7 heteroatoms. The topological polar surface area (TPSA) is 62.2 Å².